The van der Waals surface area contributed by atoms with Crippen LogP contribution in [0.3, 0.4) is 0 Å². The summed E-state index contributed by atoms with van der Waals surface area (Å²) >= 11 is 5.55. The average molecular weight is 429 g/mol. The van der Waals surface area contributed by atoms with Gasteiger partial charge in [-0.25, -0.2) is 23.1 Å². The highest BCUT2D eigenvalue weighted by Gasteiger charge is 2.11. The first-order valence-corrected chi connectivity index (χ1v) is 8.58. The second-order valence-corrected chi connectivity index (χ2v) is 6.10. The van der Waals surface area contributed by atoms with Crippen molar-refractivity contribution in [3.63, 3.8) is 0 Å². The van der Waals surface area contributed by atoms with Crippen LogP contribution in [0.2, 0.25) is 5.02 Å². The number of carbonyl (C=O) groups excluding carboxylic acids is 2. The number of anilines is 1. The summed E-state index contributed by atoms with van der Waals surface area (Å²) in [6.07, 6.45) is -0.781. The van der Waals surface area contributed by atoms with Gasteiger partial charge in [0.2, 0.25) is 5.91 Å². The Morgan fingerprint density at radius 2 is 1.93 bits per heavy atom. The lowest BCUT2D eigenvalue weighted by Crippen LogP contribution is -2.28. The number of benzene rings is 1. The van der Waals surface area contributed by atoms with Crippen molar-refractivity contribution in [2.45, 2.75) is 19.3 Å². The van der Waals surface area contributed by atoms with Crippen molar-refractivity contribution in [3.8, 4) is 5.75 Å². The highest BCUT2D eigenvalue weighted by Crippen LogP contribution is 2.20. The van der Waals surface area contributed by atoms with E-state index in [1.54, 1.807) is 0 Å². The van der Waals surface area contributed by atoms with Gasteiger partial charge in [-0.05, 0) is 18.6 Å². The van der Waals surface area contributed by atoms with Crippen molar-refractivity contribution in [3.05, 3.63) is 59.4 Å². The van der Waals surface area contributed by atoms with Gasteiger partial charge in [0, 0.05) is 18.2 Å². The minimum atomic E-state index is -2.75. The van der Waals surface area contributed by atoms with Gasteiger partial charge in [-0.1, -0.05) is 18.2 Å². The lowest BCUT2D eigenvalue weighted by atomic mass is 10.2. The van der Waals surface area contributed by atoms with Crippen molar-refractivity contribution in [1.82, 2.24) is 15.3 Å². The first kappa shape index (κ1) is 22.2. The quantitative estimate of drug-likeness (QED) is 0.636. The summed E-state index contributed by atoms with van der Waals surface area (Å²) in [6, 6.07) is 3.76. The summed E-state index contributed by atoms with van der Waals surface area (Å²) < 4.78 is 43.2. The van der Waals surface area contributed by atoms with Crippen molar-refractivity contribution in [2.24, 2.45) is 0 Å². The van der Waals surface area contributed by atoms with Crippen molar-refractivity contribution in [1.29, 1.82) is 0 Å². The van der Waals surface area contributed by atoms with Crippen LogP contribution in [-0.2, 0) is 9.59 Å². The number of amides is 2. The van der Waals surface area contributed by atoms with Crippen LogP contribution < -0.4 is 15.4 Å². The molecule has 0 saturated heterocycles. The van der Waals surface area contributed by atoms with Crippen LogP contribution in [0.25, 0.3) is 0 Å². The van der Waals surface area contributed by atoms with E-state index >= 15 is 0 Å². The second-order valence-electron chi connectivity index (χ2n) is 5.69. The molecular weight excluding hydrogens is 413 g/mol. The van der Waals surface area contributed by atoms with Crippen LogP contribution in [0.1, 0.15) is 25.0 Å². The summed E-state index contributed by atoms with van der Waals surface area (Å²) in [5, 5.41) is 4.77. The topological polar surface area (TPSA) is 93.2 Å². The number of nitrogens with one attached hydrogen (secondary N) is 2. The molecule has 0 aliphatic carbocycles. The Labute approximate surface area is 168 Å². The number of aromatic nitrogens is 2. The zero-order valence-electron chi connectivity index (χ0n) is 14.9. The average Bonchev–Trinajstić information content (AvgIpc) is 2.68. The van der Waals surface area contributed by atoms with E-state index in [-0.39, 0.29) is 35.1 Å². The van der Waals surface area contributed by atoms with E-state index in [4.69, 9.17) is 16.3 Å². The fourth-order valence-corrected chi connectivity index (χ4v) is 2.11. The molecule has 1 heterocycles. The van der Waals surface area contributed by atoms with E-state index < -0.39 is 36.4 Å². The number of hydrogen-bond acceptors (Lipinski definition) is 5. The predicted molar refractivity (Wildman–Crippen MR) is 99.0 cm³/mol. The molecule has 0 bridgehead atoms. The normalized spacial score (nSPS) is 10.5. The molecule has 0 saturated carbocycles. The molecule has 11 heteroatoms. The molecule has 154 valence electrons. The third-order valence-corrected chi connectivity index (χ3v) is 3.70. The summed E-state index contributed by atoms with van der Waals surface area (Å²) in [7, 11) is 0. The maximum absolute atomic E-state index is 13.3. The molecule has 0 unspecified atom stereocenters. The van der Waals surface area contributed by atoms with Crippen molar-refractivity contribution in [2.75, 3.05) is 11.9 Å². The molecule has 1 aromatic heterocycles. The molecule has 0 aliphatic rings. The van der Waals surface area contributed by atoms with Crippen LogP contribution in [0.15, 0.2) is 42.9 Å². The zero-order valence-corrected chi connectivity index (χ0v) is 15.7. The Balaban J connectivity index is 1.70. The first-order chi connectivity index (χ1) is 13.7. The maximum atomic E-state index is 13.3. The second kappa shape index (κ2) is 10.4. The smallest absolute Gasteiger partial charge is 0.281 e. The molecular formula is C18H16ClF3N4O3. The molecule has 0 spiro atoms. The highest BCUT2D eigenvalue weighted by molar-refractivity contribution is 6.30. The van der Waals surface area contributed by atoms with Gasteiger partial charge in [0.1, 0.15) is 17.3 Å². The Morgan fingerprint density at radius 3 is 2.55 bits per heavy atom. The molecule has 0 aliphatic heterocycles. The molecule has 2 amide bonds. The van der Waals surface area contributed by atoms with E-state index in [2.05, 4.69) is 27.2 Å². The zero-order chi connectivity index (χ0) is 21.4. The predicted octanol–water partition coefficient (Wildman–Crippen LogP) is 3.63. The maximum Gasteiger partial charge on any atom is 0.281 e. The Hall–Kier alpha value is -3.14. The van der Waals surface area contributed by atoms with Gasteiger partial charge < -0.3 is 15.4 Å². The van der Waals surface area contributed by atoms with Gasteiger partial charge in [0.25, 0.3) is 12.3 Å². The largest absolute Gasteiger partial charge is 0.484 e. The SMILES string of the molecule is C=C(CCC(=O)Nc1cnc(C(F)F)cn1)NC(=O)COc1ccc(Cl)c(F)c1. The van der Waals surface area contributed by atoms with Crippen molar-refractivity contribution >= 4 is 29.2 Å². The molecule has 0 atom stereocenters. The van der Waals surface area contributed by atoms with E-state index in [1.807, 2.05) is 0 Å². The third-order valence-electron chi connectivity index (χ3n) is 3.39. The van der Waals surface area contributed by atoms with Crippen LogP contribution in [0, 0.1) is 5.82 Å². The third kappa shape index (κ3) is 7.41. The molecule has 2 rings (SSSR count). The summed E-state index contributed by atoms with van der Waals surface area (Å²) in [4.78, 5) is 30.8. The number of carbonyl (C=O) groups is 2. The number of hydrogen-bond donors (Lipinski definition) is 2. The van der Waals surface area contributed by atoms with Gasteiger partial charge in [0.15, 0.2) is 12.4 Å². The number of alkyl halides is 2. The summed E-state index contributed by atoms with van der Waals surface area (Å²) in [6.45, 7) is 3.24. The van der Waals surface area contributed by atoms with E-state index in [0.717, 1.165) is 18.5 Å². The van der Waals surface area contributed by atoms with Crippen LogP contribution in [0.4, 0.5) is 19.0 Å². The van der Waals surface area contributed by atoms with Crippen LogP contribution >= 0.6 is 11.6 Å². The number of nitrogens with zero attached hydrogens (tertiary/aromatic N) is 2. The number of halogens is 4. The van der Waals surface area contributed by atoms with Gasteiger partial charge >= 0.3 is 0 Å². The van der Waals surface area contributed by atoms with Crippen LogP contribution in [-0.4, -0.2) is 28.4 Å². The molecule has 7 nitrogen and oxygen atoms in total. The molecule has 1 aromatic carbocycles. The monoisotopic (exact) mass is 428 g/mol. The van der Waals surface area contributed by atoms with Gasteiger partial charge in [0.05, 0.1) is 17.4 Å². The summed E-state index contributed by atoms with van der Waals surface area (Å²) in [5.41, 5.74) is -0.238. The lowest BCUT2D eigenvalue weighted by molar-refractivity contribution is -0.122. The molecule has 29 heavy (non-hydrogen) atoms. The van der Waals surface area contributed by atoms with E-state index in [1.165, 1.54) is 12.1 Å². The highest BCUT2D eigenvalue weighted by atomic mass is 35.5. The Morgan fingerprint density at radius 1 is 1.17 bits per heavy atom. The van der Waals surface area contributed by atoms with E-state index in [0.29, 0.717) is 0 Å². The molecule has 0 radical (unpaired) electrons. The number of allylic oxidation sites excluding steroid dienone is 1. The molecule has 2 N–H and O–H groups in total. The molecule has 2 aromatic rings. The number of ether oxygens (including phenoxy) is 1. The van der Waals surface area contributed by atoms with Gasteiger partial charge in [-0.15, -0.1) is 0 Å². The lowest BCUT2D eigenvalue weighted by Gasteiger charge is -2.10. The van der Waals surface area contributed by atoms with Crippen LogP contribution in [0.5, 0.6) is 5.75 Å². The number of rotatable bonds is 9. The Bertz CT molecular complexity index is 894. The Kier molecular flexibility index (Phi) is 7.96. The minimum Gasteiger partial charge on any atom is -0.484 e. The molecule has 0 fully saturated rings. The van der Waals surface area contributed by atoms with Crippen molar-refractivity contribution < 1.29 is 27.5 Å². The van der Waals surface area contributed by atoms with E-state index in [9.17, 15) is 22.8 Å². The fraction of sp³-hybridized carbons (Fsp3) is 0.222. The summed E-state index contributed by atoms with van der Waals surface area (Å²) in [5.74, 6) is -1.52. The minimum absolute atomic E-state index is 0.0256. The standard InChI is InChI=1S/C18H16ClF3N4O3/c1-10(25-17(28)9-29-11-3-4-12(19)13(20)6-11)2-5-16(27)26-15-8-23-14(7-24-15)18(21)22/h3-4,6-8,18H,1-2,5,9H2,(H,25,28)(H,24,26,27). The fourth-order valence-electron chi connectivity index (χ4n) is 2.00. The van der Waals surface area contributed by atoms with Gasteiger partial charge in [-0.2, -0.15) is 0 Å². The first-order valence-electron chi connectivity index (χ1n) is 8.20. The van der Waals surface area contributed by atoms with Gasteiger partial charge in [-0.3, -0.25) is 9.59 Å².